The Balaban J connectivity index is 1.67. The number of carbonyl (C=O) groups is 1. The molecule has 1 aliphatic carbocycles. The average Bonchev–Trinajstić information content (AvgIpc) is 3.06. The molecule has 0 aromatic carbocycles. The van der Waals surface area contributed by atoms with Crippen molar-refractivity contribution < 1.29 is 9.90 Å². The van der Waals surface area contributed by atoms with E-state index in [1.54, 1.807) is 11.3 Å². The van der Waals surface area contributed by atoms with Crippen molar-refractivity contribution in [1.29, 1.82) is 0 Å². The summed E-state index contributed by atoms with van der Waals surface area (Å²) in [6, 6.07) is 1.96. The number of thiophene rings is 1. The SMILES string of the molecule is CSC1CCC(NC(=O)NCC(O)c2ccsc2)C1. The minimum Gasteiger partial charge on any atom is -0.387 e. The molecule has 0 radical (unpaired) electrons. The smallest absolute Gasteiger partial charge is 0.315 e. The zero-order chi connectivity index (χ0) is 13.7. The third-order valence-electron chi connectivity index (χ3n) is 3.44. The Morgan fingerprint density at radius 3 is 3.11 bits per heavy atom. The quantitative estimate of drug-likeness (QED) is 0.782. The lowest BCUT2D eigenvalue weighted by molar-refractivity contribution is 0.173. The predicted molar refractivity (Wildman–Crippen MR) is 80.8 cm³/mol. The molecule has 1 fully saturated rings. The van der Waals surface area contributed by atoms with Crippen LogP contribution < -0.4 is 10.6 Å². The third kappa shape index (κ3) is 4.40. The number of hydrogen-bond donors (Lipinski definition) is 3. The molecule has 6 heteroatoms. The highest BCUT2D eigenvalue weighted by atomic mass is 32.2. The van der Waals surface area contributed by atoms with Gasteiger partial charge in [-0.3, -0.25) is 0 Å². The highest BCUT2D eigenvalue weighted by molar-refractivity contribution is 7.99. The largest absolute Gasteiger partial charge is 0.387 e. The number of aliphatic hydroxyl groups excluding tert-OH is 1. The van der Waals surface area contributed by atoms with Crippen LogP contribution in [0.15, 0.2) is 16.8 Å². The van der Waals surface area contributed by atoms with Crippen LogP contribution >= 0.6 is 23.1 Å². The number of aliphatic hydroxyl groups is 1. The van der Waals surface area contributed by atoms with Crippen LogP contribution in [0.5, 0.6) is 0 Å². The van der Waals surface area contributed by atoms with Gasteiger partial charge >= 0.3 is 6.03 Å². The van der Waals surface area contributed by atoms with Crippen molar-refractivity contribution in [2.24, 2.45) is 0 Å². The van der Waals surface area contributed by atoms with E-state index in [0.717, 1.165) is 18.4 Å². The van der Waals surface area contributed by atoms with Crippen molar-refractivity contribution in [2.75, 3.05) is 12.8 Å². The fourth-order valence-corrected chi connectivity index (χ4v) is 3.80. The fourth-order valence-electron chi connectivity index (χ4n) is 2.29. The zero-order valence-corrected chi connectivity index (χ0v) is 12.6. The molecular formula is C13H20N2O2S2. The van der Waals surface area contributed by atoms with Gasteiger partial charge in [0.2, 0.25) is 0 Å². The monoisotopic (exact) mass is 300 g/mol. The van der Waals surface area contributed by atoms with E-state index in [-0.39, 0.29) is 18.6 Å². The Kier molecular flexibility index (Phi) is 5.54. The van der Waals surface area contributed by atoms with Crippen LogP contribution in [-0.4, -0.2) is 35.2 Å². The van der Waals surface area contributed by atoms with Gasteiger partial charge in [0.15, 0.2) is 0 Å². The summed E-state index contributed by atoms with van der Waals surface area (Å²) in [6.07, 6.45) is 4.75. The summed E-state index contributed by atoms with van der Waals surface area (Å²) in [5.41, 5.74) is 0.855. The van der Waals surface area contributed by atoms with Gasteiger partial charge in [-0.05, 0) is 47.9 Å². The van der Waals surface area contributed by atoms with Crippen LogP contribution in [0.3, 0.4) is 0 Å². The molecule has 1 heterocycles. The number of thioether (sulfide) groups is 1. The predicted octanol–water partition coefficient (Wildman–Crippen LogP) is 2.36. The summed E-state index contributed by atoms with van der Waals surface area (Å²) in [7, 11) is 0. The minimum absolute atomic E-state index is 0.180. The normalized spacial score (nSPS) is 24.1. The van der Waals surface area contributed by atoms with Crippen LogP contribution in [0.1, 0.15) is 30.9 Å². The van der Waals surface area contributed by atoms with Gasteiger partial charge in [0.05, 0.1) is 6.10 Å². The lowest BCUT2D eigenvalue weighted by atomic mass is 10.2. The van der Waals surface area contributed by atoms with Crippen molar-refractivity contribution in [2.45, 2.75) is 36.7 Å². The highest BCUT2D eigenvalue weighted by Gasteiger charge is 2.25. The summed E-state index contributed by atoms with van der Waals surface area (Å²) in [5.74, 6) is 0. The molecule has 19 heavy (non-hydrogen) atoms. The first-order valence-corrected chi connectivity index (χ1v) is 8.69. The van der Waals surface area contributed by atoms with Crippen molar-refractivity contribution >= 4 is 29.1 Å². The Hall–Kier alpha value is -0.720. The zero-order valence-electron chi connectivity index (χ0n) is 11.0. The van der Waals surface area contributed by atoms with E-state index in [0.29, 0.717) is 5.25 Å². The maximum atomic E-state index is 11.7. The van der Waals surface area contributed by atoms with E-state index < -0.39 is 6.10 Å². The Labute approximate surface area is 122 Å². The molecule has 3 atom stereocenters. The fraction of sp³-hybridized carbons (Fsp3) is 0.615. The van der Waals surface area contributed by atoms with Gasteiger partial charge in [-0.2, -0.15) is 23.1 Å². The summed E-state index contributed by atoms with van der Waals surface area (Å²) < 4.78 is 0. The molecule has 0 saturated heterocycles. The first kappa shape index (κ1) is 14.7. The number of urea groups is 1. The number of amides is 2. The lowest BCUT2D eigenvalue weighted by Crippen LogP contribution is -2.42. The molecule has 2 rings (SSSR count). The van der Waals surface area contributed by atoms with Gasteiger partial charge in [0.1, 0.15) is 0 Å². The molecular weight excluding hydrogens is 280 g/mol. The topological polar surface area (TPSA) is 61.4 Å². The second-order valence-corrected chi connectivity index (χ2v) is 6.71. The van der Waals surface area contributed by atoms with E-state index in [1.165, 1.54) is 6.42 Å². The minimum atomic E-state index is -0.625. The molecule has 0 aliphatic heterocycles. The van der Waals surface area contributed by atoms with Crippen LogP contribution in [0, 0.1) is 0 Å². The third-order valence-corrected chi connectivity index (χ3v) is 5.23. The summed E-state index contributed by atoms with van der Waals surface area (Å²) >= 11 is 3.41. The molecule has 3 unspecified atom stereocenters. The number of hydrogen-bond acceptors (Lipinski definition) is 4. The highest BCUT2D eigenvalue weighted by Crippen LogP contribution is 2.28. The van der Waals surface area contributed by atoms with E-state index in [4.69, 9.17) is 0 Å². The molecule has 1 aromatic heterocycles. The van der Waals surface area contributed by atoms with E-state index in [1.807, 2.05) is 28.6 Å². The Morgan fingerprint density at radius 1 is 1.63 bits per heavy atom. The molecule has 0 spiro atoms. The molecule has 1 aliphatic rings. The number of carbonyl (C=O) groups excluding carboxylic acids is 1. The van der Waals surface area contributed by atoms with Crippen molar-refractivity contribution in [1.82, 2.24) is 10.6 Å². The second-order valence-electron chi connectivity index (χ2n) is 4.79. The van der Waals surface area contributed by atoms with Gasteiger partial charge in [-0.25, -0.2) is 4.79 Å². The molecule has 1 aromatic rings. The summed E-state index contributed by atoms with van der Waals surface area (Å²) in [5, 5.41) is 20.0. The van der Waals surface area contributed by atoms with Crippen LogP contribution in [-0.2, 0) is 0 Å². The average molecular weight is 300 g/mol. The van der Waals surface area contributed by atoms with Gasteiger partial charge < -0.3 is 15.7 Å². The molecule has 3 N–H and O–H groups in total. The number of rotatable bonds is 5. The van der Waals surface area contributed by atoms with Gasteiger partial charge in [0, 0.05) is 17.8 Å². The maximum Gasteiger partial charge on any atom is 0.315 e. The Bertz CT molecular complexity index is 397. The van der Waals surface area contributed by atoms with Gasteiger partial charge in [-0.15, -0.1) is 0 Å². The molecule has 2 amide bonds. The van der Waals surface area contributed by atoms with Crippen molar-refractivity contribution in [3.05, 3.63) is 22.4 Å². The van der Waals surface area contributed by atoms with Crippen molar-refractivity contribution in [3.8, 4) is 0 Å². The lowest BCUT2D eigenvalue weighted by Gasteiger charge is -2.15. The standard InChI is InChI=1S/C13H20N2O2S2/c1-18-11-3-2-10(6-11)15-13(17)14-7-12(16)9-4-5-19-8-9/h4-5,8,10-12,16H,2-3,6-7H2,1H3,(H2,14,15,17). The second kappa shape index (κ2) is 7.17. The van der Waals surface area contributed by atoms with Crippen molar-refractivity contribution in [3.63, 3.8) is 0 Å². The number of nitrogens with one attached hydrogen (secondary N) is 2. The van der Waals surface area contributed by atoms with Crippen LogP contribution in [0.25, 0.3) is 0 Å². The van der Waals surface area contributed by atoms with E-state index in [2.05, 4.69) is 16.9 Å². The first-order chi connectivity index (χ1) is 9.19. The molecule has 4 nitrogen and oxygen atoms in total. The van der Waals surface area contributed by atoms with Crippen LogP contribution in [0.2, 0.25) is 0 Å². The maximum absolute atomic E-state index is 11.7. The molecule has 0 bridgehead atoms. The molecule has 1 saturated carbocycles. The van der Waals surface area contributed by atoms with Crippen LogP contribution in [0.4, 0.5) is 4.79 Å². The van der Waals surface area contributed by atoms with E-state index >= 15 is 0 Å². The summed E-state index contributed by atoms with van der Waals surface area (Å²) in [4.78, 5) is 11.7. The first-order valence-electron chi connectivity index (χ1n) is 6.46. The van der Waals surface area contributed by atoms with Gasteiger partial charge in [0.25, 0.3) is 0 Å². The molecule has 106 valence electrons. The van der Waals surface area contributed by atoms with Gasteiger partial charge in [-0.1, -0.05) is 0 Å². The van der Waals surface area contributed by atoms with E-state index in [9.17, 15) is 9.90 Å². The Morgan fingerprint density at radius 2 is 2.47 bits per heavy atom. The summed E-state index contributed by atoms with van der Waals surface area (Å²) in [6.45, 7) is 0.251.